The van der Waals surface area contributed by atoms with Gasteiger partial charge in [0.25, 0.3) is 0 Å². The first kappa shape index (κ1) is 15.3. The number of aromatic nitrogens is 1. The molecule has 0 bridgehead atoms. The third kappa shape index (κ3) is 3.52. The number of nitrogens with one attached hydrogen (secondary N) is 1. The van der Waals surface area contributed by atoms with E-state index in [0.29, 0.717) is 0 Å². The van der Waals surface area contributed by atoms with Gasteiger partial charge in [-0.15, -0.1) is 0 Å². The van der Waals surface area contributed by atoms with E-state index in [0.717, 1.165) is 28.3 Å². The van der Waals surface area contributed by atoms with Crippen molar-refractivity contribution in [2.24, 2.45) is 0 Å². The molecule has 1 unspecified atom stereocenters. The Hall–Kier alpha value is -2.08. The van der Waals surface area contributed by atoms with E-state index in [1.807, 2.05) is 38.1 Å². The molecule has 0 saturated carbocycles. The number of amides is 1. The molecule has 2 rings (SSSR count). The number of hydrogen-bond acceptors (Lipinski definition) is 4. The lowest BCUT2D eigenvalue weighted by Gasteiger charge is -2.17. The maximum Gasteiger partial charge on any atom is 0.307 e. The quantitative estimate of drug-likeness (QED) is 0.920. The number of benzene rings is 1. The van der Waals surface area contributed by atoms with Crippen LogP contribution in [0.15, 0.2) is 34.4 Å². The van der Waals surface area contributed by atoms with Crippen LogP contribution in [-0.4, -0.2) is 17.6 Å². The van der Waals surface area contributed by atoms with Crippen LogP contribution in [0.25, 0.3) is 0 Å². The van der Waals surface area contributed by atoms with Crippen LogP contribution >= 0.6 is 11.3 Å². The molecule has 0 radical (unpaired) electrons. The predicted octanol–water partition coefficient (Wildman–Crippen LogP) is 2.10. The number of ether oxygens (including phenoxy) is 1. The Morgan fingerprint density at radius 1 is 1.43 bits per heavy atom. The lowest BCUT2D eigenvalue weighted by atomic mass is 10.1. The van der Waals surface area contributed by atoms with Crippen LogP contribution in [0.1, 0.15) is 24.2 Å². The highest BCUT2D eigenvalue weighted by Gasteiger charge is 2.15. The fraction of sp³-hybridized carbons (Fsp3) is 0.333. The molecular weight excluding hydrogens is 288 g/mol. The summed E-state index contributed by atoms with van der Waals surface area (Å²) in [5.74, 6) is 0.534. The molecule has 1 aromatic carbocycles. The molecular formula is C15H18N2O3S. The molecule has 0 saturated heterocycles. The first-order valence-electron chi connectivity index (χ1n) is 6.60. The van der Waals surface area contributed by atoms with Crippen molar-refractivity contribution >= 4 is 17.2 Å². The average Bonchev–Trinajstić information content (AvgIpc) is 2.79. The van der Waals surface area contributed by atoms with Gasteiger partial charge in [-0.1, -0.05) is 29.5 Å². The first-order chi connectivity index (χ1) is 10.0. The van der Waals surface area contributed by atoms with Crippen molar-refractivity contribution in [2.75, 3.05) is 7.11 Å². The van der Waals surface area contributed by atoms with Gasteiger partial charge in [0, 0.05) is 16.6 Å². The summed E-state index contributed by atoms with van der Waals surface area (Å²) in [6, 6.07) is 7.35. The lowest BCUT2D eigenvalue weighted by Crippen LogP contribution is -2.33. The molecule has 5 nitrogen and oxygen atoms in total. The summed E-state index contributed by atoms with van der Waals surface area (Å²) in [5, 5.41) is 4.64. The van der Waals surface area contributed by atoms with Crippen LogP contribution < -0.4 is 14.9 Å². The second-order valence-electron chi connectivity index (χ2n) is 4.76. The number of carbonyl (C=O) groups excluding carboxylic acids is 1. The molecule has 0 aliphatic carbocycles. The van der Waals surface area contributed by atoms with Gasteiger partial charge in [0.1, 0.15) is 12.3 Å². The van der Waals surface area contributed by atoms with Crippen molar-refractivity contribution in [1.82, 2.24) is 9.88 Å². The molecule has 6 heteroatoms. The molecule has 0 aliphatic heterocycles. The van der Waals surface area contributed by atoms with Gasteiger partial charge in [0.15, 0.2) is 0 Å². The summed E-state index contributed by atoms with van der Waals surface area (Å²) in [4.78, 5) is 23.6. The Bertz CT molecular complexity index is 690. The smallest absolute Gasteiger partial charge is 0.307 e. The minimum Gasteiger partial charge on any atom is -0.496 e. The maximum absolute atomic E-state index is 12.1. The Morgan fingerprint density at radius 3 is 2.76 bits per heavy atom. The number of rotatable bonds is 5. The van der Waals surface area contributed by atoms with Crippen molar-refractivity contribution in [3.05, 3.63) is 50.6 Å². The van der Waals surface area contributed by atoms with Gasteiger partial charge in [-0.2, -0.15) is 0 Å². The molecule has 1 atom stereocenters. The van der Waals surface area contributed by atoms with Crippen molar-refractivity contribution in [1.29, 1.82) is 0 Å². The normalized spacial score (nSPS) is 12.0. The number of thiazole rings is 1. The third-order valence-electron chi connectivity index (χ3n) is 3.26. The second kappa shape index (κ2) is 6.58. The summed E-state index contributed by atoms with van der Waals surface area (Å²) in [6.45, 7) is 3.74. The first-order valence-corrected chi connectivity index (χ1v) is 7.48. The Kier molecular flexibility index (Phi) is 4.80. The molecule has 0 aliphatic rings. The molecule has 2 aromatic rings. The number of nitrogens with zero attached hydrogens (tertiary/aromatic N) is 1. The molecule has 112 valence electrons. The molecule has 1 N–H and O–H groups in total. The highest BCUT2D eigenvalue weighted by molar-refractivity contribution is 7.07. The van der Waals surface area contributed by atoms with E-state index in [-0.39, 0.29) is 23.4 Å². The Labute approximate surface area is 127 Å². The highest BCUT2D eigenvalue weighted by Crippen LogP contribution is 2.24. The van der Waals surface area contributed by atoms with Crippen LogP contribution in [0.5, 0.6) is 5.75 Å². The Balaban J connectivity index is 2.07. The zero-order chi connectivity index (χ0) is 15.4. The maximum atomic E-state index is 12.1. The summed E-state index contributed by atoms with van der Waals surface area (Å²) in [6.07, 6.45) is 0. The molecule has 0 fully saturated rings. The monoisotopic (exact) mass is 306 g/mol. The minimum absolute atomic E-state index is 0.0354. The zero-order valence-electron chi connectivity index (χ0n) is 12.3. The molecule has 1 aromatic heterocycles. The number of aryl methyl sites for hydroxylation is 1. The van der Waals surface area contributed by atoms with E-state index >= 15 is 0 Å². The zero-order valence-corrected chi connectivity index (χ0v) is 13.1. The van der Waals surface area contributed by atoms with Gasteiger partial charge in [0.2, 0.25) is 5.91 Å². The van der Waals surface area contributed by atoms with Gasteiger partial charge in [-0.3, -0.25) is 14.2 Å². The summed E-state index contributed by atoms with van der Waals surface area (Å²) in [5.41, 5.74) is 1.70. The summed E-state index contributed by atoms with van der Waals surface area (Å²) >= 11 is 1.10. The molecule has 1 amide bonds. The van der Waals surface area contributed by atoms with Gasteiger partial charge < -0.3 is 10.1 Å². The van der Waals surface area contributed by atoms with Gasteiger partial charge in [0.05, 0.1) is 13.2 Å². The topological polar surface area (TPSA) is 60.3 Å². The highest BCUT2D eigenvalue weighted by atomic mass is 32.1. The van der Waals surface area contributed by atoms with E-state index in [1.54, 1.807) is 12.5 Å². The van der Waals surface area contributed by atoms with E-state index in [2.05, 4.69) is 5.32 Å². The van der Waals surface area contributed by atoms with E-state index in [4.69, 9.17) is 4.74 Å². The standard InChI is InChI=1S/C15H18N2O3S/c1-10-9-21-15(19)17(10)8-14(18)16-11(2)12-6-4-5-7-13(12)20-3/h4-7,9,11H,8H2,1-3H3,(H,16,18). The fourth-order valence-electron chi connectivity index (χ4n) is 2.13. The van der Waals surface area contributed by atoms with Gasteiger partial charge in [-0.05, 0) is 19.9 Å². The van der Waals surface area contributed by atoms with E-state index in [1.165, 1.54) is 4.57 Å². The lowest BCUT2D eigenvalue weighted by molar-refractivity contribution is -0.122. The van der Waals surface area contributed by atoms with Crippen molar-refractivity contribution < 1.29 is 9.53 Å². The van der Waals surface area contributed by atoms with Crippen LogP contribution in [0, 0.1) is 6.92 Å². The van der Waals surface area contributed by atoms with Crippen LogP contribution in [0.2, 0.25) is 0 Å². The SMILES string of the molecule is COc1ccccc1C(C)NC(=O)Cn1c(C)csc1=O. The molecule has 0 spiro atoms. The minimum atomic E-state index is -0.197. The van der Waals surface area contributed by atoms with E-state index < -0.39 is 0 Å². The predicted molar refractivity (Wildman–Crippen MR) is 82.9 cm³/mol. The van der Waals surface area contributed by atoms with Gasteiger partial charge >= 0.3 is 4.87 Å². The second-order valence-corrected chi connectivity index (χ2v) is 5.58. The number of methoxy groups -OCH3 is 1. The molecule has 1 heterocycles. The van der Waals surface area contributed by atoms with Crippen LogP contribution in [0.3, 0.4) is 0 Å². The van der Waals surface area contributed by atoms with Crippen LogP contribution in [-0.2, 0) is 11.3 Å². The Morgan fingerprint density at radius 2 is 2.14 bits per heavy atom. The fourth-order valence-corrected chi connectivity index (χ4v) is 2.86. The van der Waals surface area contributed by atoms with E-state index in [9.17, 15) is 9.59 Å². The number of hydrogen-bond donors (Lipinski definition) is 1. The largest absolute Gasteiger partial charge is 0.496 e. The summed E-state index contributed by atoms with van der Waals surface area (Å²) in [7, 11) is 1.60. The number of para-hydroxylation sites is 1. The van der Waals surface area contributed by atoms with Crippen LogP contribution in [0.4, 0.5) is 0 Å². The number of carbonyl (C=O) groups is 1. The summed E-state index contributed by atoms with van der Waals surface area (Å²) < 4.78 is 6.75. The van der Waals surface area contributed by atoms with Crippen molar-refractivity contribution in [3.8, 4) is 5.75 Å². The third-order valence-corrected chi connectivity index (χ3v) is 4.14. The van der Waals surface area contributed by atoms with Crippen molar-refractivity contribution in [2.45, 2.75) is 26.4 Å². The molecule has 21 heavy (non-hydrogen) atoms. The van der Waals surface area contributed by atoms with Crippen molar-refractivity contribution in [3.63, 3.8) is 0 Å². The average molecular weight is 306 g/mol. The van der Waals surface area contributed by atoms with Gasteiger partial charge in [-0.25, -0.2) is 0 Å².